The van der Waals surface area contributed by atoms with Gasteiger partial charge < -0.3 is 19.6 Å². The summed E-state index contributed by atoms with van der Waals surface area (Å²) in [6.45, 7) is 9.42. The van der Waals surface area contributed by atoms with Crippen molar-refractivity contribution in [2.24, 2.45) is 0 Å². The van der Waals surface area contributed by atoms with Crippen LogP contribution in [0.25, 0.3) is 22.3 Å². The van der Waals surface area contributed by atoms with E-state index < -0.39 is 11.7 Å². The zero-order chi connectivity index (χ0) is 18.2. The Kier molecular flexibility index (Phi) is 4.20. The number of aryl methyl sites for hydroxylation is 2. The van der Waals surface area contributed by atoms with E-state index in [0.29, 0.717) is 11.5 Å². The first kappa shape index (κ1) is 16.9. The van der Waals surface area contributed by atoms with Crippen LogP contribution in [0.1, 0.15) is 38.0 Å². The average molecular weight is 343 g/mol. The Hall–Kier alpha value is -2.90. The largest absolute Gasteiger partial charge is 0.444 e. The minimum atomic E-state index is -0.539. The molecule has 25 heavy (non-hydrogen) atoms. The fraction of sp³-hybridized carbons (Fsp3) is 0.412. The van der Waals surface area contributed by atoms with Crippen LogP contribution >= 0.6 is 0 Å². The number of hydrogen-bond donors (Lipinski definition) is 2. The lowest BCUT2D eigenvalue weighted by atomic mass is 10.1. The van der Waals surface area contributed by atoms with Crippen molar-refractivity contribution < 1.29 is 14.1 Å². The SMILES string of the molecule is Cc1noc(C)c1-c1cnc2nc(CNC(=O)OC(C)(C)C)[nH]c2c1. The molecule has 2 N–H and O–H groups in total. The first-order valence-corrected chi connectivity index (χ1v) is 7.97. The number of fused-ring (bicyclic) bond motifs is 1. The lowest BCUT2D eigenvalue weighted by Gasteiger charge is -2.19. The normalized spacial score (nSPS) is 11.7. The zero-order valence-electron chi connectivity index (χ0n) is 14.9. The molecule has 8 heteroatoms. The first-order chi connectivity index (χ1) is 11.7. The fourth-order valence-electron chi connectivity index (χ4n) is 2.54. The second-order valence-electron chi connectivity index (χ2n) is 6.83. The molecule has 132 valence electrons. The zero-order valence-corrected chi connectivity index (χ0v) is 14.9. The number of H-pyrrole nitrogens is 1. The van der Waals surface area contributed by atoms with E-state index in [2.05, 4.69) is 25.4 Å². The first-order valence-electron chi connectivity index (χ1n) is 7.97. The highest BCUT2D eigenvalue weighted by Gasteiger charge is 2.17. The second-order valence-corrected chi connectivity index (χ2v) is 6.83. The maximum absolute atomic E-state index is 11.7. The van der Waals surface area contributed by atoms with Crippen molar-refractivity contribution in [3.05, 3.63) is 29.5 Å². The predicted molar refractivity (Wildman–Crippen MR) is 91.9 cm³/mol. The van der Waals surface area contributed by atoms with Crippen LogP contribution in [0.2, 0.25) is 0 Å². The smallest absolute Gasteiger partial charge is 0.408 e. The lowest BCUT2D eigenvalue weighted by molar-refractivity contribution is 0.0522. The molecule has 0 bridgehead atoms. The minimum absolute atomic E-state index is 0.228. The van der Waals surface area contributed by atoms with Crippen molar-refractivity contribution in [3.8, 4) is 11.1 Å². The van der Waals surface area contributed by atoms with E-state index >= 15 is 0 Å². The van der Waals surface area contributed by atoms with Gasteiger partial charge in [-0.3, -0.25) is 0 Å². The molecule has 0 aliphatic carbocycles. The molecule has 0 fully saturated rings. The maximum atomic E-state index is 11.7. The Morgan fingerprint density at radius 1 is 1.36 bits per heavy atom. The standard InChI is InChI=1S/C17H21N5O3/c1-9-14(10(2)25-22-9)11-6-12-15(18-7-11)21-13(20-12)8-19-16(23)24-17(3,4)5/h6-7H,8H2,1-5H3,(H,19,23)(H,18,20,21). The van der Waals surface area contributed by atoms with Crippen molar-refractivity contribution in [2.75, 3.05) is 0 Å². The van der Waals surface area contributed by atoms with Crippen LogP contribution in [-0.2, 0) is 11.3 Å². The van der Waals surface area contributed by atoms with Gasteiger partial charge in [0.25, 0.3) is 0 Å². The van der Waals surface area contributed by atoms with Crippen LogP contribution in [0.15, 0.2) is 16.8 Å². The molecule has 0 aliphatic rings. The molecule has 0 unspecified atom stereocenters. The molecule has 0 saturated heterocycles. The van der Waals surface area contributed by atoms with Gasteiger partial charge in [-0.15, -0.1) is 0 Å². The third-order valence-corrected chi connectivity index (χ3v) is 3.51. The van der Waals surface area contributed by atoms with Gasteiger partial charge in [-0.05, 0) is 40.7 Å². The summed E-state index contributed by atoms with van der Waals surface area (Å²) in [5, 5.41) is 6.63. The highest BCUT2D eigenvalue weighted by Crippen LogP contribution is 2.27. The highest BCUT2D eigenvalue weighted by atomic mass is 16.6. The van der Waals surface area contributed by atoms with Crippen molar-refractivity contribution in [3.63, 3.8) is 0 Å². The number of hydrogen-bond acceptors (Lipinski definition) is 6. The summed E-state index contributed by atoms with van der Waals surface area (Å²) >= 11 is 0. The molecule has 3 heterocycles. The van der Waals surface area contributed by atoms with Gasteiger partial charge in [-0.1, -0.05) is 5.16 Å². The van der Waals surface area contributed by atoms with E-state index in [1.165, 1.54) is 0 Å². The third kappa shape index (κ3) is 3.78. The Labute approximate surface area is 145 Å². The summed E-state index contributed by atoms with van der Waals surface area (Å²) in [4.78, 5) is 23.6. The Bertz CT molecular complexity index is 901. The van der Waals surface area contributed by atoms with Crippen LogP contribution < -0.4 is 5.32 Å². The number of nitrogens with zero attached hydrogens (tertiary/aromatic N) is 3. The van der Waals surface area contributed by atoms with E-state index in [0.717, 1.165) is 28.1 Å². The minimum Gasteiger partial charge on any atom is -0.444 e. The summed E-state index contributed by atoms with van der Waals surface area (Å²) in [5.41, 5.74) is 3.46. The Morgan fingerprint density at radius 2 is 2.12 bits per heavy atom. The number of rotatable bonds is 3. The molecule has 0 atom stereocenters. The third-order valence-electron chi connectivity index (χ3n) is 3.51. The van der Waals surface area contributed by atoms with Gasteiger partial charge >= 0.3 is 6.09 Å². The molecule has 3 aromatic rings. The monoisotopic (exact) mass is 343 g/mol. The fourth-order valence-corrected chi connectivity index (χ4v) is 2.54. The van der Waals surface area contributed by atoms with Crippen LogP contribution in [0.5, 0.6) is 0 Å². The molecule has 1 amide bonds. The molecule has 0 aliphatic heterocycles. The molecular formula is C17H21N5O3. The average Bonchev–Trinajstić information content (AvgIpc) is 3.05. The Morgan fingerprint density at radius 3 is 2.76 bits per heavy atom. The topological polar surface area (TPSA) is 106 Å². The van der Waals surface area contributed by atoms with E-state index in [4.69, 9.17) is 9.26 Å². The molecule has 0 radical (unpaired) electrons. The van der Waals surface area contributed by atoms with Gasteiger partial charge in [0, 0.05) is 17.3 Å². The number of alkyl carbamates (subject to hydrolysis) is 1. The van der Waals surface area contributed by atoms with Gasteiger partial charge in [-0.2, -0.15) is 0 Å². The van der Waals surface area contributed by atoms with Gasteiger partial charge in [0.05, 0.1) is 17.8 Å². The number of ether oxygens (including phenoxy) is 1. The van der Waals surface area contributed by atoms with E-state index in [1.54, 1.807) is 6.20 Å². The van der Waals surface area contributed by atoms with Gasteiger partial charge in [0.1, 0.15) is 17.2 Å². The number of imidazole rings is 1. The van der Waals surface area contributed by atoms with Crippen molar-refractivity contribution in [2.45, 2.75) is 46.8 Å². The van der Waals surface area contributed by atoms with E-state index in [1.807, 2.05) is 40.7 Å². The summed E-state index contributed by atoms with van der Waals surface area (Å²) in [6, 6.07) is 1.94. The van der Waals surface area contributed by atoms with E-state index in [-0.39, 0.29) is 6.54 Å². The van der Waals surface area contributed by atoms with E-state index in [9.17, 15) is 4.79 Å². The number of pyridine rings is 1. The van der Waals surface area contributed by atoms with Gasteiger partial charge in [0.2, 0.25) is 0 Å². The summed E-state index contributed by atoms with van der Waals surface area (Å²) in [5.74, 6) is 1.34. The van der Waals surface area contributed by atoms with Crippen LogP contribution in [0.3, 0.4) is 0 Å². The molecule has 0 saturated carbocycles. The molecule has 0 spiro atoms. The van der Waals surface area contributed by atoms with Gasteiger partial charge in [-0.25, -0.2) is 14.8 Å². The van der Waals surface area contributed by atoms with Crippen LogP contribution in [0, 0.1) is 13.8 Å². The molecule has 8 nitrogen and oxygen atoms in total. The molecule has 0 aromatic carbocycles. The number of amides is 1. The second kappa shape index (κ2) is 6.19. The van der Waals surface area contributed by atoms with Crippen molar-refractivity contribution in [1.29, 1.82) is 0 Å². The molecule has 3 aromatic heterocycles. The summed E-state index contributed by atoms with van der Waals surface area (Å²) in [7, 11) is 0. The van der Waals surface area contributed by atoms with Gasteiger partial charge in [0.15, 0.2) is 5.65 Å². The summed E-state index contributed by atoms with van der Waals surface area (Å²) in [6.07, 6.45) is 1.25. The quantitative estimate of drug-likeness (QED) is 0.756. The Balaban J connectivity index is 1.78. The number of nitrogens with one attached hydrogen (secondary N) is 2. The maximum Gasteiger partial charge on any atom is 0.408 e. The van der Waals surface area contributed by atoms with Crippen LogP contribution in [0.4, 0.5) is 4.79 Å². The number of carbonyl (C=O) groups is 1. The molecular weight excluding hydrogens is 322 g/mol. The summed E-state index contributed by atoms with van der Waals surface area (Å²) < 4.78 is 10.4. The number of carbonyl (C=O) groups excluding carboxylic acids is 1. The van der Waals surface area contributed by atoms with Crippen LogP contribution in [-0.4, -0.2) is 31.8 Å². The number of aromatic nitrogens is 4. The number of aromatic amines is 1. The van der Waals surface area contributed by atoms with Crippen molar-refractivity contribution >= 4 is 17.3 Å². The predicted octanol–water partition coefficient (Wildman–Crippen LogP) is 3.25. The lowest BCUT2D eigenvalue weighted by Crippen LogP contribution is -2.32. The van der Waals surface area contributed by atoms with Crippen molar-refractivity contribution in [1.82, 2.24) is 25.4 Å². The molecule has 3 rings (SSSR count). The highest BCUT2D eigenvalue weighted by molar-refractivity contribution is 5.79.